The molecule has 2 aliphatic heterocycles. The van der Waals surface area contributed by atoms with Gasteiger partial charge in [-0.05, 0) is 42.6 Å². The normalized spacial score (nSPS) is 43.9. The topological polar surface area (TPSA) is 132 Å². The van der Waals surface area contributed by atoms with Gasteiger partial charge in [-0.1, -0.05) is 20.4 Å². The van der Waals surface area contributed by atoms with Gasteiger partial charge in [0.15, 0.2) is 11.9 Å². The van der Waals surface area contributed by atoms with Gasteiger partial charge in [0.25, 0.3) is 5.79 Å². The Morgan fingerprint density at radius 3 is 2.05 bits per heavy atom. The molecule has 4 saturated carbocycles. The molecule has 4 bridgehead atoms. The maximum absolute atomic E-state index is 14.5. The number of hydrogen-bond acceptors (Lipinski definition) is 10. The summed E-state index contributed by atoms with van der Waals surface area (Å²) < 4.78 is 30.4. The van der Waals surface area contributed by atoms with Gasteiger partial charge in [0.05, 0.1) is 6.61 Å². The molecular formula is C28H36O10. The first-order valence-electron chi connectivity index (χ1n) is 13.3. The van der Waals surface area contributed by atoms with Gasteiger partial charge >= 0.3 is 23.9 Å². The van der Waals surface area contributed by atoms with Crippen LogP contribution in [-0.2, 0) is 47.7 Å². The van der Waals surface area contributed by atoms with E-state index < -0.39 is 87.8 Å². The third-order valence-corrected chi connectivity index (χ3v) is 9.95. The average Bonchev–Trinajstić information content (AvgIpc) is 2.90. The summed E-state index contributed by atoms with van der Waals surface area (Å²) in [6.07, 6.45) is -0.817. The van der Waals surface area contributed by atoms with Crippen LogP contribution in [0.4, 0.5) is 0 Å². The van der Waals surface area contributed by atoms with Gasteiger partial charge in [0, 0.05) is 44.9 Å². The highest BCUT2D eigenvalue weighted by atomic mass is 16.7. The Morgan fingerprint density at radius 2 is 1.47 bits per heavy atom. The van der Waals surface area contributed by atoms with Crippen molar-refractivity contribution in [1.82, 2.24) is 0 Å². The predicted octanol–water partition coefficient (Wildman–Crippen LogP) is 2.66. The third-order valence-electron chi connectivity index (χ3n) is 9.95. The van der Waals surface area contributed by atoms with Gasteiger partial charge in [0.1, 0.15) is 17.6 Å². The van der Waals surface area contributed by atoms with Gasteiger partial charge in [-0.2, -0.15) is 0 Å². The number of carbonyl (C=O) groups is 5. The lowest BCUT2D eigenvalue weighted by atomic mass is 9.35. The van der Waals surface area contributed by atoms with Crippen LogP contribution in [0.3, 0.4) is 0 Å². The Hall–Kier alpha value is -2.75. The molecule has 2 spiro atoms. The molecule has 0 radical (unpaired) electrons. The Balaban J connectivity index is 1.88. The van der Waals surface area contributed by atoms with Crippen molar-refractivity contribution in [2.45, 2.75) is 91.3 Å². The van der Waals surface area contributed by atoms with Crippen molar-refractivity contribution in [3.63, 3.8) is 0 Å². The molecule has 6 rings (SSSR count). The van der Waals surface area contributed by atoms with E-state index in [1.54, 1.807) is 0 Å². The molecular weight excluding hydrogens is 496 g/mol. The Morgan fingerprint density at radius 1 is 0.868 bits per heavy atom. The molecule has 2 heterocycles. The largest absolute Gasteiger partial charge is 0.462 e. The Labute approximate surface area is 221 Å². The first-order chi connectivity index (χ1) is 17.7. The van der Waals surface area contributed by atoms with Crippen LogP contribution in [0.15, 0.2) is 12.2 Å². The Kier molecular flexibility index (Phi) is 5.91. The maximum Gasteiger partial charge on any atom is 0.305 e. The monoisotopic (exact) mass is 532 g/mol. The van der Waals surface area contributed by atoms with E-state index in [4.69, 9.17) is 23.7 Å². The molecule has 0 amide bonds. The smallest absolute Gasteiger partial charge is 0.305 e. The molecule has 2 saturated heterocycles. The van der Waals surface area contributed by atoms with Crippen LogP contribution in [0.25, 0.3) is 0 Å². The average molecular weight is 533 g/mol. The van der Waals surface area contributed by atoms with Crippen LogP contribution in [0.1, 0.15) is 67.2 Å². The van der Waals surface area contributed by atoms with E-state index in [-0.39, 0.29) is 12.2 Å². The van der Waals surface area contributed by atoms with E-state index in [1.807, 2.05) is 13.8 Å². The summed E-state index contributed by atoms with van der Waals surface area (Å²) in [7, 11) is 0. The summed E-state index contributed by atoms with van der Waals surface area (Å²) in [5.74, 6) is -6.56. The molecule has 38 heavy (non-hydrogen) atoms. The maximum atomic E-state index is 14.5. The lowest BCUT2D eigenvalue weighted by Gasteiger charge is -2.75. The fraction of sp³-hybridized carbons (Fsp3) is 0.750. The second-order valence-corrected chi connectivity index (χ2v) is 12.3. The second-order valence-electron chi connectivity index (χ2n) is 12.3. The van der Waals surface area contributed by atoms with Gasteiger partial charge < -0.3 is 23.7 Å². The molecule has 208 valence electrons. The zero-order valence-corrected chi connectivity index (χ0v) is 22.8. The van der Waals surface area contributed by atoms with Crippen LogP contribution >= 0.6 is 0 Å². The minimum atomic E-state index is -2.06. The van der Waals surface area contributed by atoms with Crippen molar-refractivity contribution in [3.05, 3.63) is 12.2 Å². The number of esters is 4. The van der Waals surface area contributed by atoms with Crippen molar-refractivity contribution >= 4 is 29.7 Å². The minimum absolute atomic E-state index is 0.00766. The molecule has 9 atom stereocenters. The van der Waals surface area contributed by atoms with Gasteiger partial charge in [-0.15, -0.1) is 0 Å². The summed E-state index contributed by atoms with van der Waals surface area (Å²) in [5.41, 5.74) is -2.94. The summed E-state index contributed by atoms with van der Waals surface area (Å²) in [6, 6.07) is 0. The number of hydrogen-bond donors (Lipinski definition) is 0. The molecule has 0 unspecified atom stereocenters. The first-order valence-corrected chi connectivity index (χ1v) is 13.3. The van der Waals surface area contributed by atoms with Crippen LogP contribution < -0.4 is 0 Å². The van der Waals surface area contributed by atoms with E-state index in [9.17, 15) is 24.0 Å². The Bertz CT molecular complexity index is 1140. The minimum Gasteiger partial charge on any atom is -0.462 e. The highest BCUT2D eigenvalue weighted by Gasteiger charge is 2.90. The van der Waals surface area contributed by atoms with Gasteiger partial charge in [-0.3, -0.25) is 24.0 Å². The summed E-state index contributed by atoms with van der Waals surface area (Å²) in [4.78, 5) is 64.7. The van der Waals surface area contributed by atoms with Crippen LogP contribution in [0.5, 0.6) is 0 Å². The molecule has 10 nitrogen and oxygen atoms in total. The number of rotatable bonds is 4. The van der Waals surface area contributed by atoms with Crippen LogP contribution in [0.2, 0.25) is 0 Å². The summed E-state index contributed by atoms with van der Waals surface area (Å²) in [6.45, 7) is 13.2. The van der Waals surface area contributed by atoms with Crippen LogP contribution in [-0.4, -0.2) is 60.4 Å². The molecule has 6 fully saturated rings. The van der Waals surface area contributed by atoms with E-state index in [0.29, 0.717) is 25.7 Å². The zero-order valence-electron chi connectivity index (χ0n) is 22.8. The fourth-order valence-corrected chi connectivity index (χ4v) is 9.20. The van der Waals surface area contributed by atoms with E-state index in [0.717, 1.165) is 0 Å². The van der Waals surface area contributed by atoms with Crippen LogP contribution in [0, 0.1) is 34.0 Å². The van der Waals surface area contributed by atoms with Crippen molar-refractivity contribution in [3.8, 4) is 0 Å². The second kappa shape index (κ2) is 8.37. The zero-order chi connectivity index (χ0) is 28.0. The van der Waals surface area contributed by atoms with Gasteiger partial charge in [0.2, 0.25) is 0 Å². The number of carbonyl (C=O) groups excluding carboxylic acids is 5. The quantitative estimate of drug-likeness (QED) is 0.302. The van der Waals surface area contributed by atoms with E-state index in [1.165, 1.54) is 27.7 Å². The molecule has 6 aliphatic rings. The molecule has 0 aromatic heterocycles. The summed E-state index contributed by atoms with van der Waals surface area (Å²) in [5, 5.41) is 0. The molecule has 0 N–H and O–H groups in total. The van der Waals surface area contributed by atoms with Crippen molar-refractivity contribution < 1.29 is 47.7 Å². The SMILES string of the molecule is C=C1C(=O)[C@]23[C@H](OC(C)=O)[C@H]1CC[C@H]2[C@@]12CO[C@]3(OC(C)=O)[C@@H](OC(C)=O)[C@@H]1C(C)(C)CC[C@@H]2OC(C)=O. The standard InChI is InChI=1S/C28H36O10/c1-13-18-8-9-19-26-12-34-28(38-17(5)32,27(19,22(13)33)23(18)36-15(3)30)24(37-16(4)31)21(26)25(6,7)11-10-20(26)35-14(2)29/h18-21,23-24H,1,8-12H2,2-7H3/t18-,19-,20-,21+,23+,24-,26+,27-,28-/m0/s1. The lowest BCUT2D eigenvalue weighted by molar-refractivity contribution is -0.456. The van der Waals surface area contributed by atoms with E-state index in [2.05, 4.69) is 6.58 Å². The number of ether oxygens (including phenoxy) is 5. The number of fused-ring (bicyclic) bond motifs is 2. The number of Topliss-reactive ketones (excluding diaryl/α,β-unsaturated/α-hetero) is 1. The molecule has 0 aromatic rings. The number of ketones is 1. The predicted molar refractivity (Wildman–Crippen MR) is 129 cm³/mol. The molecule has 10 heteroatoms. The summed E-state index contributed by atoms with van der Waals surface area (Å²) >= 11 is 0. The van der Waals surface area contributed by atoms with Crippen molar-refractivity contribution in [2.24, 2.45) is 34.0 Å². The highest BCUT2D eigenvalue weighted by Crippen LogP contribution is 2.78. The third kappa shape index (κ3) is 3.12. The fourth-order valence-electron chi connectivity index (χ4n) is 9.20. The lowest BCUT2D eigenvalue weighted by Crippen LogP contribution is -2.87. The van der Waals surface area contributed by atoms with Crippen molar-refractivity contribution in [2.75, 3.05) is 6.61 Å². The highest BCUT2D eigenvalue weighted by molar-refractivity contribution is 6.05. The van der Waals surface area contributed by atoms with E-state index >= 15 is 0 Å². The van der Waals surface area contributed by atoms with Gasteiger partial charge in [-0.25, -0.2) is 0 Å². The molecule has 4 aliphatic carbocycles. The van der Waals surface area contributed by atoms with Crippen molar-refractivity contribution in [1.29, 1.82) is 0 Å². The molecule has 0 aromatic carbocycles. The first kappa shape index (κ1) is 26.8.